The lowest BCUT2D eigenvalue weighted by Gasteiger charge is -2.16. The van der Waals surface area contributed by atoms with Gasteiger partial charge in [0.05, 0.1) is 0 Å². The molecule has 0 radical (unpaired) electrons. The van der Waals surface area contributed by atoms with E-state index < -0.39 is 0 Å². The van der Waals surface area contributed by atoms with Gasteiger partial charge in [0.15, 0.2) is 0 Å². The maximum absolute atomic E-state index is 5.39. The predicted octanol–water partition coefficient (Wildman–Crippen LogP) is 3.71. The van der Waals surface area contributed by atoms with Crippen molar-refractivity contribution >= 4 is 17.2 Å². The van der Waals surface area contributed by atoms with Gasteiger partial charge in [-0.15, -0.1) is 0 Å². The van der Waals surface area contributed by atoms with Crippen molar-refractivity contribution in [3.05, 3.63) is 71.8 Å². The topological polar surface area (TPSA) is 12.0 Å². The van der Waals surface area contributed by atoms with Crippen LogP contribution >= 0.6 is 12.2 Å². The van der Waals surface area contributed by atoms with Gasteiger partial charge in [-0.2, -0.15) is 0 Å². The summed E-state index contributed by atoms with van der Waals surface area (Å²) in [6, 6.07) is 20.6. The summed E-state index contributed by atoms with van der Waals surface area (Å²) in [5, 5.41) is 3.34. The van der Waals surface area contributed by atoms with E-state index in [2.05, 4.69) is 24.4 Å². The molecule has 2 rings (SSSR count). The Hall–Kier alpha value is -1.67. The highest BCUT2D eigenvalue weighted by Gasteiger charge is 2.07. The van der Waals surface area contributed by atoms with E-state index in [1.54, 1.807) is 0 Å². The van der Waals surface area contributed by atoms with Gasteiger partial charge < -0.3 is 5.32 Å². The molecule has 0 saturated carbocycles. The predicted molar refractivity (Wildman–Crippen MR) is 76.1 cm³/mol. The number of hydrogen-bond donors (Lipinski definition) is 1. The SMILES string of the molecule is C[C@H](NC(=S)c1ccccc1)c1ccccc1. The van der Waals surface area contributed by atoms with Crippen molar-refractivity contribution in [1.82, 2.24) is 5.32 Å². The van der Waals surface area contributed by atoms with Gasteiger partial charge in [0.2, 0.25) is 0 Å². The molecule has 0 aliphatic rings. The molecule has 1 nitrogen and oxygen atoms in total. The zero-order valence-corrected chi connectivity index (χ0v) is 10.6. The summed E-state index contributed by atoms with van der Waals surface area (Å²) >= 11 is 5.39. The van der Waals surface area contributed by atoms with Crippen molar-refractivity contribution in [2.24, 2.45) is 0 Å². The molecule has 0 aliphatic carbocycles. The first-order valence-electron chi connectivity index (χ1n) is 5.68. The molecule has 2 heteroatoms. The standard InChI is InChI=1S/C15H15NS/c1-12(13-8-4-2-5-9-13)16-15(17)14-10-6-3-7-11-14/h2-12H,1H3,(H,16,17)/t12-/m0/s1. The maximum atomic E-state index is 5.39. The van der Waals surface area contributed by atoms with Crippen molar-refractivity contribution < 1.29 is 0 Å². The van der Waals surface area contributed by atoms with Crippen molar-refractivity contribution in [3.8, 4) is 0 Å². The third-order valence-electron chi connectivity index (χ3n) is 2.68. The van der Waals surface area contributed by atoms with Crippen molar-refractivity contribution in [2.45, 2.75) is 13.0 Å². The highest BCUT2D eigenvalue weighted by Crippen LogP contribution is 2.12. The Kier molecular flexibility index (Phi) is 3.89. The van der Waals surface area contributed by atoms with E-state index in [1.807, 2.05) is 48.5 Å². The Morgan fingerprint density at radius 3 is 2.06 bits per heavy atom. The van der Waals surface area contributed by atoms with Gasteiger partial charge in [-0.05, 0) is 12.5 Å². The van der Waals surface area contributed by atoms with Gasteiger partial charge in [0, 0.05) is 11.6 Å². The molecule has 2 aromatic carbocycles. The smallest absolute Gasteiger partial charge is 0.107 e. The largest absolute Gasteiger partial charge is 0.369 e. The van der Waals surface area contributed by atoms with Gasteiger partial charge in [0.1, 0.15) is 4.99 Å². The van der Waals surface area contributed by atoms with Gasteiger partial charge in [-0.25, -0.2) is 0 Å². The second-order valence-corrected chi connectivity index (χ2v) is 4.38. The second-order valence-electron chi connectivity index (χ2n) is 3.97. The lowest BCUT2D eigenvalue weighted by molar-refractivity contribution is 0.724. The Balaban J connectivity index is 2.05. The molecule has 86 valence electrons. The van der Waals surface area contributed by atoms with Crippen LogP contribution < -0.4 is 5.32 Å². The van der Waals surface area contributed by atoms with Gasteiger partial charge >= 0.3 is 0 Å². The van der Waals surface area contributed by atoms with E-state index in [0.29, 0.717) is 0 Å². The molecule has 0 bridgehead atoms. The lowest BCUT2D eigenvalue weighted by Crippen LogP contribution is -2.25. The van der Waals surface area contributed by atoms with Crippen LogP contribution in [0.1, 0.15) is 24.1 Å². The van der Waals surface area contributed by atoms with Crippen LogP contribution in [0.15, 0.2) is 60.7 Å². The highest BCUT2D eigenvalue weighted by molar-refractivity contribution is 7.80. The summed E-state index contributed by atoms with van der Waals surface area (Å²) < 4.78 is 0. The van der Waals surface area contributed by atoms with Crippen LogP contribution in [-0.4, -0.2) is 4.99 Å². The fourth-order valence-electron chi connectivity index (χ4n) is 1.69. The van der Waals surface area contributed by atoms with Crippen LogP contribution in [0.3, 0.4) is 0 Å². The Morgan fingerprint density at radius 1 is 0.941 bits per heavy atom. The van der Waals surface area contributed by atoms with Crippen molar-refractivity contribution in [3.63, 3.8) is 0 Å². The van der Waals surface area contributed by atoms with Crippen LogP contribution in [0.2, 0.25) is 0 Å². The Bertz CT molecular complexity index is 479. The maximum Gasteiger partial charge on any atom is 0.107 e. The summed E-state index contributed by atoms with van der Waals surface area (Å²) in [5.41, 5.74) is 2.30. The summed E-state index contributed by atoms with van der Waals surface area (Å²) in [5.74, 6) is 0. The second kappa shape index (κ2) is 5.60. The number of benzene rings is 2. The van der Waals surface area contributed by atoms with Crippen molar-refractivity contribution in [1.29, 1.82) is 0 Å². The van der Waals surface area contributed by atoms with Crippen LogP contribution in [0.5, 0.6) is 0 Å². The molecule has 0 fully saturated rings. The molecule has 2 aromatic rings. The summed E-state index contributed by atoms with van der Waals surface area (Å²) in [6.45, 7) is 2.12. The van der Waals surface area contributed by atoms with Crippen LogP contribution in [0, 0.1) is 0 Å². The normalized spacial score (nSPS) is 11.8. The first-order chi connectivity index (χ1) is 8.27. The lowest BCUT2D eigenvalue weighted by atomic mass is 10.1. The quantitative estimate of drug-likeness (QED) is 0.822. The first kappa shape index (κ1) is 11.8. The monoisotopic (exact) mass is 241 g/mol. The molecule has 1 N–H and O–H groups in total. The van der Waals surface area contributed by atoms with E-state index >= 15 is 0 Å². The molecule has 0 heterocycles. The van der Waals surface area contributed by atoms with Gasteiger partial charge in [-0.1, -0.05) is 72.9 Å². The zero-order chi connectivity index (χ0) is 12.1. The molecule has 0 aromatic heterocycles. The summed E-state index contributed by atoms with van der Waals surface area (Å²) in [6.07, 6.45) is 0. The molecule has 17 heavy (non-hydrogen) atoms. The Morgan fingerprint density at radius 2 is 1.47 bits per heavy atom. The molecule has 0 amide bonds. The zero-order valence-electron chi connectivity index (χ0n) is 9.76. The average Bonchev–Trinajstić information content (AvgIpc) is 2.40. The van der Waals surface area contributed by atoms with E-state index in [-0.39, 0.29) is 6.04 Å². The molecule has 0 aliphatic heterocycles. The third-order valence-corrected chi connectivity index (χ3v) is 3.04. The molecule has 0 saturated heterocycles. The number of rotatable bonds is 3. The van der Waals surface area contributed by atoms with Gasteiger partial charge in [-0.3, -0.25) is 0 Å². The molecular weight excluding hydrogens is 226 g/mol. The number of thiocarbonyl (C=S) groups is 1. The van der Waals surface area contributed by atoms with Crippen LogP contribution in [0.4, 0.5) is 0 Å². The minimum Gasteiger partial charge on any atom is -0.369 e. The molecule has 1 atom stereocenters. The van der Waals surface area contributed by atoms with Crippen LogP contribution in [0.25, 0.3) is 0 Å². The van der Waals surface area contributed by atoms with Crippen molar-refractivity contribution in [2.75, 3.05) is 0 Å². The van der Waals surface area contributed by atoms with Crippen LogP contribution in [-0.2, 0) is 0 Å². The molecule has 0 unspecified atom stereocenters. The Labute approximate surface area is 107 Å². The summed E-state index contributed by atoms with van der Waals surface area (Å²) in [4.78, 5) is 0.793. The minimum atomic E-state index is 0.226. The number of nitrogens with one attached hydrogen (secondary N) is 1. The fourth-order valence-corrected chi connectivity index (χ4v) is 2.01. The minimum absolute atomic E-state index is 0.226. The first-order valence-corrected chi connectivity index (χ1v) is 6.09. The average molecular weight is 241 g/mol. The van der Waals surface area contributed by atoms with E-state index in [4.69, 9.17) is 12.2 Å². The van der Waals surface area contributed by atoms with E-state index in [1.165, 1.54) is 5.56 Å². The highest BCUT2D eigenvalue weighted by atomic mass is 32.1. The van der Waals surface area contributed by atoms with E-state index in [0.717, 1.165) is 10.6 Å². The fraction of sp³-hybridized carbons (Fsp3) is 0.133. The van der Waals surface area contributed by atoms with E-state index in [9.17, 15) is 0 Å². The summed E-state index contributed by atoms with van der Waals surface area (Å²) in [7, 11) is 0. The van der Waals surface area contributed by atoms with Gasteiger partial charge in [0.25, 0.3) is 0 Å². The number of hydrogen-bond acceptors (Lipinski definition) is 1. The molecule has 0 spiro atoms. The molecular formula is C15H15NS. The third kappa shape index (κ3) is 3.14.